The Balaban J connectivity index is 2.03. The Hall–Kier alpha value is -3.61. The average molecular weight is 437 g/mol. The molecule has 0 aliphatic carbocycles. The molecule has 2 aromatic carbocycles. The van der Waals surface area contributed by atoms with Gasteiger partial charge in [0.15, 0.2) is 0 Å². The van der Waals surface area contributed by atoms with Gasteiger partial charge in [-0.1, -0.05) is 30.8 Å². The maximum absolute atomic E-state index is 13.3. The zero-order chi connectivity index (χ0) is 23.6. The minimum atomic E-state index is -0.805. The second kappa shape index (κ2) is 8.86. The molecule has 0 bridgehead atoms. The molecule has 1 aliphatic heterocycles. The third-order valence-electron chi connectivity index (χ3n) is 4.99. The number of hydrogen-bond acceptors (Lipinski definition) is 5. The second-order valence-corrected chi connectivity index (χ2v) is 8.48. The van der Waals surface area contributed by atoms with Crippen LogP contribution < -0.4 is 4.90 Å². The van der Waals surface area contributed by atoms with Gasteiger partial charge in [-0.25, -0.2) is 9.59 Å². The van der Waals surface area contributed by atoms with Gasteiger partial charge in [-0.2, -0.15) is 0 Å². The summed E-state index contributed by atoms with van der Waals surface area (Å²) in [6, 6.07) is 13.6. The summed E-state index contributed by atoms with van der Waals surface area (Å²) in [5, 5.41) is 0. The maximum Gasteiger partial charge on any atom is 0.416 e. The second-order valence-electron chi connectivity index (χ2n) is 8.48. The fraction of sp³-hybridized carbons (Fsp3) is 0.320. The van der Waals surface area contributed by atoms with Crippen LogP contribution >= 0.6 is 0 Å². The Morgan fingerprint density at radius 2 is 1.62 bits per heavy atom. The minimum Gasteiger partial charge on any atom is -0.462 e. The van der Waals surface area contributed by atoms with Gasteiger partial charge >= 0.3 is 12.1 Å². The van der Waals surface area contributed by atoms with E-state index < -0.39 is 23.8 Å². The monoisotopic (exact) mass is 436 g/mol. The van der Waals surface area contributed by atoms with Crippen LogP contribution in [0.5, 0.6) is 0 Å². The molecule has 1 heterocycles. The molecule has 0 N–H and O–H groups in total. The van der Waals surface area contributed by atoms with Crippen LogP contribution in [0.2, 0.25) is 0 Å². The highest BCUT2D eigenvalue weighted by molar-refractivity contribution is 6.08. The molecule has 0 fully saturated rings. The number of para-hydroxylation sites is 1. The van der Waals surface area contributed by atoms with Crippen LogP contribution in [0.1, 0.15) is 54.0 Å². The van der Waals surface area contributed by atoms with Gasteiger partial charge in [-0.05, 0) is 63.1 Å². The lowest BCUT2D eigenvalue weighted by Crippen LogP contribution is -2.57. The Bertz CT molecular complexity index is 1050. The van der Waals surface area contributed by atoms with Crippen LogP contribution in [-0.4, -0.2) is 48.3 Å². The molecule has 3 rings (SSSR count). The lowest BCUT2D eigenvalue weighted by molar-refractivity contribution is 0.0508. The van der Waals surface area contributed by atoms with E-state index in [9.17, 15) is 14.4 Å². The van der Waals surface area contributed by atoms with Crippen LogP contribution in [0.25, 0.3) is 5.57 Å². The molecule has 1 unspecified atom stereocenters. The summed E-state index contributed by atoms with van der Waals surface area (Å²) in [5.41, 5.74) is 1.74. The van der Waals surface area contributed by atoms with E-state index in [0.717, 1.165) is 0 Å². The fourth-order valence-corrected chi connectivity index (χ4v) is 3.55. The number of anilines is 1. The molecule has 2 amide bonds. The van der Waals surface area contributed by atoms with E-state index >= 15 is 0 Å². The summed E-state index contributed by atoms with van der Waals surface area (Å²) in [6.07, 6.45) is -1.39. The molecule has 168 valence electrons. The largest absolute Gasteiger partial charge is 0.462 e. The van der Waals surface area contributed by atoms with Crippen molar-refractivity contribution in [2.24, 2.45) is 0 Å². The van der Waals surface area contributed by atoms with Crippen molar-refractivity contribution in [3.63, 3.8) is 0 Å². The van der Waals surface area contributed by atoms with Crippen molar-refractivity contribution in [1.29, 1.82) is 0 Å². The molecule has 0 aromatic heterocycles. The molecular weight excluding hydrogens is 408 g/mol. The van der Waals surface area contributed by atoms with Crippen molar-refractivity contribution >= 4 is 29.2 Å². The van der Waals surface area contributed by atoms with Gasteiger partial charge in [0.1, 0.15) is 11.8 Å². The third kappa shape index (κ3) is 4.51. The molecule has 32 heavy (non-hydrogen) atoms. The van der Waals surface area contributed by atoms with Crippen LogP contribution in [0.3, 0.4) is 0 Å². The maximum atomic E-state index is 13.3. The SMILES string of the molecule is C=C(c1ccc(C(=O)OCC)cc1)C1N(C)C(=O)c2ccccc2N1C(=O)OC(C)(C)C. The van der Waals surface area contributed by atoms with Gasteiger partial charge in [0.2, 0.25) is 0 Å². The average Bonchev–Trinajstić information content (AvgIpc) is 2.74. The van der Waals surface area contributed by atoms with E-state index in [1.807, 2.05) is 0 Å². The predicted molar refractivity (Wildman–Crippen MR) is 122 cm³/mol. The molecule has 0 spiro atoms. The lowest BCUT2D eigenvalue weighted by Gasteiger charge is -2.43. The van der Waals surface area contributed by atoms with Crippen molar-refractivity contribution in [1.82, 2.24) is 4.90 Å². The number of likely N-dealkylation sites (N-methyl/N-ethyl adjacent to an activating group) is 1. The standard InChI is InChI=1S/C25H28N2O5/c1-7-31-23(29)18-14-12-17(13-15-18)16(2)21-26(6)22(28)19-10-8-9-11-20(19)27(21)24(30)32-25(3,4)5/h8-15,21H,2,7H2,1,3-6H3. The highest BCUT2D eigenvalue weighted by atomic mass is 16.6. The summed E-state index contributed by atoms with van der Waals surface area (Å²) in [4.78, 5) is 41.2. The third-order valence-corrected chi connectivity index (χ3v) is 4.99. The number of rotatable bonds is 4. The van der Waals surface area contributed by atoms with Crippen molar-refractivity contribution in [2.45, 2.75) is 39.5 Å². The Morgan fingerprint density at radius 3 is 2.22 bits per heavy atom. The van der Waals surface area contributed by atoms with Crippen molar-refractivity contribution in [3.8, 4) is 0 Å². The van der Waals surface area contributed by atoms with Gasteiger partial charge in [0, 0.05) is 7.05 Å². The molecule has 1 atom stereocenters. The highest BCUT2D eigenvalue weighted by Gasteiger charge is 2.42. The van der Waals surface area contributed by atoms with E-state index in [0.29, 0.717) is 28.0 Å². The lowest BCUT2D eigenvalue weighted by atomic mass is 9.97. The van der Waals surface area contributed by atoms with Crippen molar-refractivity contribution in [3.05, 3.63) is 71.8 Å². The van der Waals surface area contributed by atoms with Crippen LogP contribution in [0, 0.1) is 0 Å². The summed E-state index contributed by atoms with van der Waals surface area (Å²) >= 11 is 0. The number of carbonyl (C=O) groups excluding carboxylic acids is 3. The zero-order valence-corrected chi connectivity index (χ0v) is 19.0. The van der Waals surface area contributed by atoms with E-state index in [1.165, 1.54) is 9.80 Å². The molecule has 7 nitrogen and oxygen atoms in total. The van der Waals surface area contributed by atoms with Gasteiger partial charge in [0.05, 0.1) is 23.4 Å². The van der Waals surface area contributed by atoms with E-state index in [1.54, 1.807) is 83.3 Å². The van der Waals surface area contributed by atoms with Crippen molar-refractivity contribution < 1.29 is 23.9 Å². The number of hydrogen-bond donors (Lipinski definition) is 0. The molecular formula is C25H28N2O5. The Kier molecular flexibility index (Phi) is 6.39. The number of nitrogens with zero attached hydrogens (tertiary/aromatic N) is 2. The number of fused-ring (bicyclic) bond motifs is 1. The normalized spacial score (nSPS) is 15.8. The first-order valence-electron chi connectivity index (χ1n) is 10.4. The molecule has 0 radical (unpaired) electrons. The molecule has 0 saturated carbocycles. The van der Waals surface area contributed by atoms with Crippen LogP contribution in [-0.2, 0) is 9.47 Å². The quantitative estimate of drug-likeness (QED) is 0.648. The summed E-state index contributed by atoms with van der Waals surface area (Å²) < 4.78 is 10.7. The number of benzene rings is 2. The molecule has 1 aliphatic rings. The Morgan fingerprint density at radius 1 is 1.03 bits per heavy atom. The minimum absolute atomic E-state index is 0.227. The van der Waals surface area contributed by atoms with Crippen molar-refractivity contribution in [2.75, 3.05) is 18.6 Å². The topological polar surface area (TPSA) is 76.2 Å². The number of amides is 2. The van der Waals surface area contributed by atoms with Crippen LogP contribution in [0.4, 0.5) is 10.5 Å². The van der Waals surface area contributed by atoms with Gasteiger partial charge in [-0.15, -0.1) is 0 Å². The van der Waals surface area contributed by atoms with E-state index in [2.05, 4.69) is 6.58 Å². The smallest absolute Gasteiger partial charge is 0.416 e. The molecule has 0 saturated heterocycles. The van der Waals surface area contributed by atoms with E-state index in [-0.39, 0.29) is 12.5 Å². The molecule has 7 heteroatoms. The molecule has 2 aromatic rings. The summed E-state index contributed by atoms with van der Waals surface area (Å²) in [7, 11) is 1.62. The fourth-order valence-electron chi connectivity index (χ4n) is 3.55. The summed E-state index contributed by atoms with van der Waals surface area (Å²) in [6.45, 7) is 11.6. The van der Waals surface area contributed by atoms with Gasteiger partial charge < -0.3 is 14.4 Å². The first-order valence-corrected chi connectivity index (χ1v) is 10.4. The first kappa shape index (κ1) is 23.1. The first-order chi connectivity index (χ1) is 15.0. The number of ether oxygens (including phenoxy) is 2. The predicted octanol–water partition coefficient (Wildman–Crippen LogP) is 4.73. The summed E-state index contributed by atoms with van der Waals surface area (Å²) in [5.74, 6) is -0.645. The van der Waals surface area contributed by atoms with Gasteiger partial charge in [0.25, 0.3) is 5.91 Å². The van der Waals surface area contributed by atoms with Crippen LogP contribution in [0.15, 0.2) is 55.1 Å². The number of esters is 1. The van der Waals surface area contributed by atoms with Gasteiger partial charge in [-0.3, -0.25) is 9.69 Å². The zero-order valence-electron chi connectivity index (χ0n) is 19.0. The highest BCUT2D eigenvalue weighted by Crippen LogP contribution is 2.36. The Labute approximate surface area is 188 Å². The number of carbonyl (C=O) groups is 3. The van der Waals surface area contributed by atoms with E-state index in [4.69, 9.17) is 9.47 Å².